The number of aliphatic hydroxyl groups excluding tert-OH is 1. The lowest BCUT2D eigenvalue weighted by Gasteiger charge is -2.13. The molecule has 0 unspecified atom stereocenters. The molecule has 152 valence electrons. The molecule has 0 spiro atoms. The van der Waals surface area contributed by atoms with Crippen LogP contribution in [0.2, 0.25) is 0 Å². The fourth-order valence-electron chi connectivity index (χ4n) is 2.79. The molecule has 0 saturated carbocycles. The van der Waals surface area contributed by atoms with Gasteiger partial charge in [0.05, 0.1) is 22.9 Å². The van der Waals surface area contributed by atoms with Gasteiger partial charge in [-0.25, -0.2) is 23.1 Å². The Morgan fingerprint density at radius 1 is 1.17 bits per heavy atom. The van der Waals surface area contributed by atoms with Crippen LogP contribution in [0.4, 0.5) is 5.82 Å². The van der Waals surface area contributed by atoms with Crippen molar-refractivity contribution in [1.82, 2.24) is 19.7 Å². The second-order valence-electron chi connectivity index (χ2n) is 6.85. The van der Waals surface area contributed by atoms with Crippen molar-refractivity contribution in [1.29, 1.82) is 0 Å². The molecule has 0 aliphatic rings. The van der Waals surface area contributed by atoms with Crippen molar-refractivity contribution in [3.05, 3.63) is 54.0 Å². The zero-order valence-electron chi connectivity index (χ0n) is 16.4. The predicted octanol–water partition coefficient (Wildman–Crippen LogP) is 2.06. The number of pyridine rings is 1. The van der Waals surface area contributed by atoms with E-state index in [1.807, 2.05) is 19.9 Å². The van der Waals surface area contributed by atoms with Gasteiger partial charge in [-0.15, -0.1) is 0 Å². The Morgan fingerprint density at radius 2 is 1.93 bits per heavy atom. The summed E-state index contributed by atoms with van der Waals surface area (Å²) < 4.78 is 27.4. The van der Waals surface area contributed by atoms with Gasteiger partial charge in [-0.1, -0.05) is 6.07 Å². The molecule has 2 heterocycles. The van der Waals surface area contributed by atoms with Crippen molar-refractivity contribution in [2.24, 2.45) is 0 Å². The summed E-state index contributed by atoms with van der Waals surface area (Å²) in [6, 6.07) is 8.42. The van der Waals surface area contributed by atoms with Gasteiger partial charge >= 0.3 is 0 Å². The molecule has 0 aliphatic carbocycles. The molecule has 1 atom stereocenters. The Morgan fingerprint density at radius 3 is 2.62 bits per heavy atom. The fraction of sp³-hybridized carbons (Fsp3) is 0.250. The predicted molar refractivity (Wildman–Crippen MR) is 111 cm³/mol. The van der Waals surface area contributed by atoms with E-state index in [1.54, 1.807) is 24.4 Å². The van der Waals surface area contributed by atoms with E-state index < -0.39 is 16.1 Å². The summed E-state index contributed by atoms with van der Waals surface area (Å²) >= 11 is 0. The number of nitrogen functional groups attached to an aromatic ring is 1. The lowest BCUT2D eigenvalue weighted by molar-refractivity contribution is 0.198. The number of aliphatic hydroxyl groups is 1. The molecule has 9 heteroatoms. The number of benzene rings is 1. The first-order chi connectivity index (χ1) is 13.7. The lowest BCUT2D eigenvalue weighted by atomic mass is 10.1. The van der Waals surface area contributed by atoms with E-state index in [0.29, 0.717) is 17.0 Å². The fourth-order valence-corrected chi connectivity index (χ4v) is 3.94. The number of hydrogen-bond donors (Lipinski definition) is 3. The normalized spacial score (nSPS) is 12.7. The minimum atomic E-state index is -3.77. The van der Waals surface area contributed by atoms with E-state index in [4.69, 9.17) is 5.73 Å². The number of sulfonamides is 1. The minimum absolute atomic E-state index is 0.0707. The molecule has 0 aliphatic heterocycles. The van der Waals surface area contributed by atoms with Gasteiger partial charge in [0.2, 0.25) is 10.0 Å². The van der Waals surface area contributed by atoms with Crippen LogP contribution >= 0.6 is 0 Å². The molecule has 1 aromatic carbocycles. The Balaban J connectivity index is 2.06. The van der Waals surface area contributed by atoms with Gasteiger partial charge in [0, 0.05) is 29.6 Å². The van der Waals surface area contributed by atoms with Crippen LogP contribution in [0, 0.1) is 13.8 Å². The Kier molecular flexibility index (Phi) is 5.92. The molecule has 0 fully saturated rings. The number of nitrogens with zero attached hydrogens (tertiary/aromatic N) is 3. The summed E-state index contributed by atoms with van der Waals surface area (Å²) in [5.74, 6) is 0.277. The maximum Gasteiger partial charge on any atom is 0.240 e. The van der Waals surface area contributed by atoms with Crippen LogP contribution in [0.25, 0.3) is 22.5 Å². The van der Waals surface area contributed by atoms with Gasteiger partial charge in [-0.05, 0) is 50.6 Å². The second-order valence-corrected chi connectivity index (χ2v) is 8.62. The van der Waals surface area contributed by atoms with Crippen molar-refractivity contribution in [3.8, 4) is 22.5 Å². The number of aryl methyl sites for hydroxylation is 2. The number of nitrogens with two attached hydrogens (primary N) is 1. The SMILES string of the molecule is Cc1cc(-c2nc(-c3cc(S(=O)(=O)NC[C@H](C)O)ccc3C)cnc2N)ccn1. The highest BCUT2D eigenvalue weighted by atomic mass is 32.2. The Labute approximate surface area is 169 Å². The van der Waals surface area contributed by atoms with Gasteiger partial charge in [-0.3, -0.25) is 4.98 Å². The number of nitrogens with one attached hydrogen (secondary N) is 1. The van der Waals surface area contributed by atoms with Gasteiger partial charge < -0.3 is 10.8 Å². The first-order valence-electron chi connectivity index (χ1n) is 9.01. The van der Waals surface area contributed by atoms with Crippen LogP contribution in [0.1, 0.15) is 18.2 Å². The van der Waals surface area contributed by atoms with Crippen LogP contribution in [-0.2, 0) is 10.0 Å². The molecule has 4 N–H and O–H groups in total. The van der Waals surface area contributed by atoms with Crippen molar-refractivity contribution < 1.29 is 13.5 Å². The highest BCUT2D eigenvalue weighted by molar-refractivity contribution is 7.89. The summed E-state index contributed by atoms with van der Waals surface area (Å²) in [6.45, 7) is 5.17. The molecule has 0 amide bonds. The summed E-state index contributed by atoms with van der Waals surface area (Å²) in [5.41, 5.74) is 10.1. The third-order valence-electron chi connectivity index (χ3n) is 4.33. The molecule has 0 bridgehead atoms. The largest absolute Gasteiger partial charge is 0.392 e. The van der Waals surface area contributed by atoms with Crippen LogP contribution in [0.15, 0.2) is 47.6 Å². The van der Waals surface area contributed by atoms with Crippen LogP contribution in [-0.4, -0.2) is 41.1 Å². The van der Waals surface area contributed by atoms with E-state index in [1.165, 1.54) is 19.2 Å². The van der Waals surface area contributed by atoms with Crippen molar-refractivity contribution in [2.75, 3.05) is 12.3 Å². The standard InChI is InChI=1S/C20H23N5O3S/c1-12-4-5-16(29(27,28)24-10-14(3)26)9-17(12)18-11-23-20(21)19(25-18)15-6-7-22-13(2)8-15/h4-9,11,14,24,26H,10H2,1-3H3,(H2,21,23)/t14-/m0/s1. The maximum atomic E-state index is 12.5. The number of aromatic nitrogens is 3. The topological polar surface area (TPSA) is 131 Å². The quantitative estimate of drug-likeness (QED) is 0.564. The molecule has 2 aromatic heterocycles. The highest BCUT2D eigenvalue weighted by Crippen LogP contribution is 2.29. The van der Waals surface area contributed by atoms with E-state index in [0.717, 1.165) is 16.8 Å². The molecule has 3 rings (SSSR count). The zero-order valence-corrected chi connectivity index (χ0v) is 17.2. The zero-order chi connectivity index (χ0) is 21.2. The summed E-state index contributed by atoms with van der Waals surface area (Å²) in [6.07, 6.45) is 2.41. The number of rotatable bonds is 6. The van der Waals surface area contributed by atoms with Crippen molar-refractivity contribution in [2.45, 2.75) is 31.8 Å². The molecular formula is C20H23N5O3S. The number of hydrogen-bond acceptors (Lipinski definition) is 7. The summed E-state index contributed by atoms with van der Waals surface area (Å²) in [7, 11) is -3.77. The van der Waals surface area contributed by atoms with Gasteiger partial charge in [0.1, 0.15) is 11.5 Å². The first-order valence-corrected chi connectivity index (χ1v) is 10.5. The van der Waals surface area contributed by atoms with Crippen molar-refractivity contribution >= 4 is 15.8 Å². The molecular weight excluding hydrogens is 390 g/mol. The van der Waals surface area contributed by atoms with E-state index in [9.17, 15) is 13.5 Å². The Bertz CT molecular complexity index is 1150. The van der Waals surface area contributed by atoms with E-state index >= 15 is 0 Å². The Hall–Kier alpha value is -2.88. The molecule has 3 aromatic rings. The lowest BCUT2D eigenvalue weighted by Crippen LogP contribution is -2.30. The van der Waals surface area contributed by atoms with Crippen LogP contribution in [0.5, 0.6) is 0 Å². The highest BCUT2D eigenvalue weighted by Gasteiger charge is 2.18. The van der Waals surface area contributed by atoms with Gasteiger partial charge in [0.15, 0.2) is 0 Å². The third kappa shape index (κ3) is 4.76. The maximum absolute atomic E-state index is 12.5. The third-order valence-corrected chi connectivity index (χ3v) is 5.76. The van der Waals surface area contributed by atoms with Crippen molar-refractivity contribution in [3.63, 3.8) is 0 Å². The summed E-state index contributed by atoms with van der Waals surface area (Å²) in [4.78, 5) is 13.2. The average molecular weight is 414 g/mol. The first kappa shape index (κ1) is 20.8. The van der Waals surface area contributed by atoms with Gasteiger partial charge in [0.25, 0.3) is 0 Å². The number of anilines is 1. The van der Waals surface area contributed by atoms with Crippen LogP contribution in [0.3, 0.4) is 0 Å². The summed E-state index contributed by atoms with van der Waals surface area (Å²) in [5, 5.41) is 9.36. The second kappa shape index (κ2) is 8.24. The molecule has 8 nitrogen and oxygen atoms in total. The molecule has 0 saturated heterocycles. The van der Waals surface area contributed by atoms with E-state index in [2.05, 4.69) is 19.7 Å². The van der Waals surface area contributed by atoms with Crippen LogP contribution < -0.4 is 10.5 Å². The smallest absolute Gasteiger partial charge is 0.240 e. The van der Waals surface area contributed by atoms with E-state index in [-0.39, 0.29) is 17.3 Å². The minimum Gasteiger partial charge on any atom is -0.392 e. The van der Waals surface area contributed by atoms with Gasteiger partial charge in [-0.2, -0.15) is 0 Å². The molecule has 29 heavy (non-hydrogen) atoms. The molecule has 0 radical (unpaired) electrons. The average Bonchev–Trinajstić information content (AvgIpc) is 2.67. The monoisotopic (exact) mass is 413 g/mol.